The van der Waals surface area contributed by atoms with Gasteiger partial charge in [-0.2, -0.15) is 49.0 Å². The van der Waals surface area contributed by atoms with Gasteiger partial charge < -0.3 is 0 Å². The molecule has 0 heterocycles. The van der Waals surface area contributed by atoms with Gasteiger partial charge >= 0.3 is 0 Å². The maximum Gasteiger partial charge on any atom is 0.295 e. The summed E-state index contributed by atoms with van der Waals surface area (Å²) in [5.74, 6) is -0.153. The zero-order valence-electron chi connectivity index (χ0n) is 28.1. The lowest BCUT2D eigenvalue weighted by atomic mass is 10.1. The normalized spacial score (nSPS) is 14.1. The number of allylic oxidation sites excluding steroid dienone is 4. The second-order valence-electron chi connectivity index (χ2n) is 11.8. The number of ketones is 1. The largest absolute Gasteiger partial charge is 0.295 e. The van der Waals surface area contributed by atoms with Crippen LogP contribution in [0.3, 0.4) is 0 Å². The van der Waals surface area contributed by atoms with E-state index in [-0.39, 0.29) is 27.9 Å². The Balaban J connectivity index is 1.42. The number of aryl methyl sites for hydroxylation is 1. The highest BCUT2D eigenvalue weighted by atomic mass is 32.2. The molecule has 0 saturated heterocycles. The maximum atomic E-state index is 12.4. The topological polar surface area (TPSA) is 308 Å². The number of rotatable bonds is 10. The fraction of sp³-hybridized carbons (Fsp3) is 0.0303. The first-order valence-electron chi connectivity index (χ1n) is 15.3. The molecule has 0 spiro atoms. The van der Waals surface area contributed by atoms with Crippen LogP contribution >= 0.6 is 0 Å². The van der Waals surface area contributed by atoms with Crippen LogP contribution in [-0.2, 0) is 45.3 Å². The van der Waals surface area contributed by atoms with E-state index < -0.39 is 76.5 Å². The molecule has 5 aromatic rings. The van der Waals surface area contributed by atoms with Crippen LogP contribution < -0.4 is 5.43 Å². The van der Waals surface area contributed by atoms with Crippen LogP contribution in [-0.4, -0.2) is 63.4 Å². The van der Waals surface area contributed by atoms with E-state index in [1.807, 2.05) is 0 Å². The van der Waals surface area contributed by atoms with Crippen LogP contribution in [0.1, 0.15) is 5.56 Å². The summed E-state index contributed by atoms with van der Waals surface area (Å²) in [5.41, 5.74) is 4.79. The number of hydrogen-bond acceptors (Lipinski definition) is 15. The molecule has 5 N–H and O–H groups in total. The van der Waals surface area contributed by atoms with Gasteiger partial charge in [-0.05, 0) is 104 Å². The molecule has 0 aromatic heterocycles. The molecule has 0 saturated carbocycles. The van der Waals surface area contributed by atoms with Crippen LogP contribution in [0.25, 0.3) is 21.5 Å². The van der Waals surface area contributed by atoms with Gasteiger partial charge in [0.15, 0.2) is 5.78 Å². The van der Waals surface area contributed by atoms with Crippen molar-refractivity contribution in [3.05, 3.63) is 103 Å². The molecule has 0 unspecified atom stereocenters. The lowest BCUT2D eigenvalue weighted by Crippen LogP contribution is -2.07. The Morgan fingerprint density at radius 1 is 0.500 bits per heavy atom. The Kier molecular flexibility index (Phi) is 10.4. The summed E-state index contributed by atoms with van der Waals surface area (Å²) in [6.45, 7) is 1.76. The quantitative estimate of drug-likeness (QED) is 0.0429. The third-order valence-corrected chi connectivity index (χ3v) is 11.4. The van der Waals surface area contributed by atoms with Gasteiger partial charge in [-0.25, -0.2) is 0 Å². The van der Waals surface area contributed by atoms with Crippen LogP contribution in [0.2, 0.25) is 0 Å². The van der Waals surface area contributed by atoms with Gasteiger partial charge in [-0.15, -0.1) is 10.2 Å². The van der Waals surface area contributed by atoms with E-state index in [4.69, 9.17) is 0 Å². The predicted octanol–water partition coefficient (Wildman–Crippen LogP) is 6.58. The minimum Gasteiger partial charge on any atom is -0.290 e. The number of nitrogens with zero attached hydrogens (tertiary/aromatic N) is 5. The minimum atomic E-state index is -5.30. The van der Waals surface area contributed by atoms with Gasteiger partial charge in [0, 0.05) is 21.5 Å². The van der Waals surface area contributed by atoms with Crippen LogP contribution in [0.15, 0.2) is 142 Å². The molecule has 0 bridgehead atoms. The molecular weight excluding hydrogens is 817 g/mol. The van der Waals surface area contributed by atoms with E-state index in [2.05, 4.69) is 31.0 Å². The van der Waals surface area contributed by atoms with Gasteiger partial charge in [0.25, 0.3) is 40.5 Å². The van der Waals surface area contributed by atoms with Gasteiger partial charge in [-0.1, -0.05) is 6.07 Å². The number of carbonyl (C=O) groups is 1. The van der Waals surface area contributed by atoms with Crippen LogP contribution in [0, 0.1) is 6.92 Å². The number of fused-ring (bicyclic) bond motifs is 2. The van der Waals surface area contributed by atoms with Crippen molar-refractivity contribution in [1.82, 2.24) is 0 Å². The van der Waals surface area contributed by atoms with Gasteiger partial charge in [0.2, 0.25) is 0 Å². The number of nitrogens with one attached hydrogen (secondary N) is 1. The molecule has 23 heteroatoms. The number of azo groups is 2. The molecule has 1 aliphatic carbocycles. The van der Waals surface area contributed by atoms with E-state index in [9.17, 15) is 56.7 Å². The molecular formula is C33H24N6O13S4. The molecule has 19 nitrogen and oxygen atoms in total. The monoisotopic (exact) mass is 840 g/mol. The molecule has 288 valence electrons. The smallest absolute Gasteiger partial charge is 0.290 e. The number of hydrazone groups is 1. The second-order valence-corrected chi connectivity index (χ2v) is 17.4. The van der Waals surface area contributed by atoms with Crippen molar-refractivity contribution in [1.29, 1.82) is 0 Å². The first-order valence-corrected chi connectivity index (χ1v) is 21.1. The predicted molar refractivity (Wildman–Crippen MR) is 201 cm³/mol. The number of carbonyl (C=O) groups excluding carboxylic acids is 1. The van der Waals surface area contributed by atoms with E-state index in [1.54, 1.807) is 37.3 Å². The molecule has 6 rings (SSSR count). The van der Waals surface area contributed by atoms with Crippen LogP contribution in [0.5, 0.6) is 0 Å². The lowest BCUT2D eigenvalue weighted by molar-refractivity contribution is -0.110. The van der Waals surface area contributed by atoms with Crippen molar-refractivity contribution in [3.63, 3.8) is 0 Å². The minimum absolute atomic E-state index is 0.0374. The average Bonchev–Trinajstić information content (AvgIpc) is 3.11. The Morgan fingerprint density at radius 3 is 1.64 bits per heavy atom. The lowest BCUT2D eigenvalue weighted by Gasteiger charge is -2.11. The molecule has 1 aliphatic rings. The van der Waals surface area contributed by atoms with E-state index in [0.29, 0.717) is 40.8 Å². The molecule has 5 aromatic carbocycles. The summed E-state index contributed by atoms with van der Waals surface area (Å²) in [7, 11) is -20.5. The summed E-state index contributed by atoms with van der Waals surface area (Å²) < 4.78 is 136. The van der Waals surface area contributed by atoms with Gasteiger partial charge in [0.05, 0.1) is 43.9 Å². The maximum absolute atomic E-state index is 12.4. The van der Waals surface area contributed by atoms with Crippen molar-refractivity contribution >= 4 is 102 Å². The fourth-order valence-corrected chi connectivity index (χ4v) is 7.88. The van der Waals surface area contributed by atoms with E-state index in [1.165, 1.54) is 30.4 Å². The van der Waals surface area contributed by atoms with Crippen molar-refractivity contribution in [2.45, 2.75) is 26.5 Å². The molecule has 0 atom stereocenters. The number of hydrogen-bond donors (Lipinski definition) is 5. The summed E-state index contributed by atoms with van der Waals surface area (Å²) in [5, 5.41) is 19.7. The van der Waals surface area contributed by atoms with Crippen molar-refractivity contribution in [2.75, 3.05) is 5.43 Å². The fourth-order valence-electron chi connectivity index (χ4n) is 5.33. The standard InChI is InChI=1S/C33H24N6O13S4/c1-18-12-20(35-34-19-2-5-22(40)6-3-19)4-9-29(18)37-39-30-10-11-31(26-15-23(53(41,42)43)7-8-25(26)30)38-36-21-13-27-28(32(14-21)55(47,48)49)16-24(54(44,45)46)17-33(27)56(50,51)52/h2-17,35H,1H3,(H,41,42,43)(H,44,45,46)(H,47,48,49)(H,50,51,52). The van der Waals surface area contributed by atoms with E-state index in [0.717, 1.165) is 18.2 Å². The van der Waals surface area contributed by atoms with Crippen LogP contribution in [0.4, 0.5) is 28.4 Å². The zero-order valence-corrected chi connectivity index (χ0v) is 31.3. The van der Waals surface area contributed by atoms with Crippen molar-refractivity contribution in [2.24, 2.45) is 25.6 Å². The summed E-state index contributed by atoms with van der Waals surface area (Å²) in [4.78, 5) is 7.42. The Hall–Kier alpha value is -5.92. The number of anilines is 1. The molecule has 56 heavy (non-hydrogen) atoms. The highest BCUT2D eigenvalue weighted by Crippen LogP contribution is 2.39. The SMILES string of the molecule is Cc1cc(NN=C2C=CC(=O)C=C2)ccc1N=Nc1ccc(N=Nc2cc(S(=O)(=O)O)c3cc(S(=O)(=O)O)cc(S(=O)(=O)O)c3c2)c2cc(S(=O)(=O)O)ccc12. The zero-order chi connectivity index (χ0) is 40.8. The third-order valence-electron chi connectivity index (χ3n) is 7.93. The van der Waals surface area contributed by atoms with Gasteiger partial charge in [-0.3, -0.25) is 28.4 Å². The number of benzene rings is 5. The molecule has 0 fully saturated rings. The Bertz CT molecular complexity index is 3120. The van der Waals surface area contributed by atoms with Crippen molar-refractivity contribution in [3.8, 4) is 0 Å². The van der Waals surface area contributed by atoms with E-state index >= 15 is 0 Å². The first-order chi connectivity index (χ1) is 26.1. The third kappa shape index (κ3) is 8.79. The molecule has 0 amide bonds. The molecule has 0 aliphatic heterocycles. The summed E-state index contributed by atoms with van der Waals surface area (Å²) >= 11 is 0. The summed E-state index contributed by atoms with van der Waals surface area (Å²) in [6.07, 6.45) is 5.86. The second kappa shape index (κ2) is 14.6. The summed E-state index contributed by atoms with van der Waals surface area (Å²) in [6, 6.07) is 13.8. The average molecular weight is 841 g/mol. The highest BCUT2D eigenvalue weighted by Gasteiger charge is 2.26. The van der Waals surface area contributed by atoms with Gasteiger partial charge in [0.1, 0.15) is 9.79 Å². The van der Waals surface area contributed by atoms with Crippen molar-refractivity contribution < 1.29 is 56.7 Å². The highest BCUT2D eigenvalue weighted by molar-refractivity contribution is 7.87. The first kappa shape index (κ1) is 39.8. The molecule has 0 radical (unpaired) electrons. The Labute approximate surface area is 317 Å². The Morgan fingerprint density at radius 2 is 1.04 bits per heavy atom.